The summed E-state index contributed by atoms with van der Waals surface area (Å²) in [6.45, 7) is 6.60. The van der Waals surface area contributed by atoms with Crippen LogP contribution in [0.1, 0.15) is 18.9 Å². The van der Waals surface area contributed by atoms with E-state index in [-0.39, 0.29) is 0 Å². The SMILES string of the molecule is Cc1ccccc1N1CCC(N)C(C)C1. The van der Waals surface area contributed by atoms with Gasteiger partial charge in [0.25, 0.3) is 0 Å². The minimum Gasteiger partial charge on any atom is -0.371 e. The smallest absolute Gasteiger partial charge is 0.0396 e. The molecule has 1 heterocycles. The van der Waals surface area contributed by atoms with Crippen LogP contribution in [0.4, 0.5) is 5.69 Å². The van der Waals surface area contributed by atoms with Gasteiger partial charge in [0, 0.05) is 24.8 Å². The van der Waals surface area contributed by atoms with Gasteiger partial charge in [0.2, 0.25) is 0 Å². The second-order valence-electron chi connectivity index (χ2n) is 4.66. The Bertz CT molecular complexity index is 335. The molecule has 2 heteroatoms. The predicted molar refractivity (Wildman–Crippen MR) is 65.1 cm³/mol. The third kappa shape index (κ3) is 2.15. The van der Waals surface area contributed by atoms with E-state index in [0.717, 1.165) is 19.5 Å². The molecule has 1 saturated heterocycles. The molecule has 1 aliphatic rings. The summed E-state index contributed by atoms with van der Waals surface area (Å²) >= 11 is 0. The lowest BCUT2D eigenvalue weighted by Crippen LogP contribution is -2.46. The molecule has 2 nitrogen and oxygen atoms in total. The Hall–Kier alpha value is -1.02. The zero-order valence-corrected chi connectivity index (χ0v) is 9.61. The van der Waals surface area contributed by atoms with Crippen LogP contribution in [0.2, 0.25) is 0 Å². The highest BCUT2D eigenvalue weighted by Gasteiger charge is 2.23. The van der Waals surface area contributed by atoms with Gasteiger partial charge in [-0.1, -0.05) is 25.1 Å². The van der Waals surface area contributed by atoms with Gasteiger partial charge in [0.15, 0.2) is 0 Å². The van der Waals surface area contributed by atoms with Crippen molar-refractivity contribution < 1.29 is 0 Å². The lowest BCUT2D eigenvalue weighted by atomic mass is 9.94. The van der Waals surface area contributed by atoms with Crippen molar-refractivity contribution in [1.82, 2.24) is 0 Å². The van der Waals surface area contributed by atoms with Gasteiger partial charge in [-0.25, -0.2) is 0 Å². The number of hydrogen-bond acceptors (Lipinski definition) is 2. The molecule has 1 aromatic rings. The largest absolute Gasteiger partial charge is 0.371 e. The Labute approximate surface area is 92.1 Å². The summed E-state index contributed by atoms with van der Waals surface area (Å²) in [5, 5.41) is 0. The molecule has 2 N–H and O–H groups in total. The van der Waals surface area contributed by atoms with Gasteiger partial charge in [-0.15, -0.1) is 0 Å². The summed E-state index contributed by atoms with van der Waals surface area (Å²) in [6, 6.07) is 8.97. The van der Waals surface area contributed by atoms with Gasteiger partial charge in [-0.2, -0.15) is 0 Å². The Morgan fingerprint density at radius 1 is 1.33 bits per heavy atom. The fourth-order valence-electron chi connectivity index (χ4n) is 2.30. The molecule has 0 radical (unpaired) electrons. The van der Waals surface area contributed by atoms with E-state index in [1.165, 1.54) is 11.3 Å². The summed E-state index contributed by atoms with van der Waals surface area (Å²) in [6.07, 6.45) is 1.11. The summed E-state index contributed by atoms with van der Waals surface area (Å²) in [4.78, 5) is 2.46. The van der Waals surface area contributed by atoms with Crippen molar-refractivity contribution in [3.05, 3.63) is 29.8 Å². The maximum Gasteiger partial charge on any atom is 0.0396 e. The quantitative estimate of drug-likeness (QED) is 0.759. The Kier molecular flexibility index (Phi) is 2.96. The molecule has 1 aromatic carbocycles. The number of piperidine rings is 1. The minimum absolute atomic E-state index is 0.380. The number of benzene rings is 1. The predicted octanol–water partition coefficient (Wildman–Crippen LogP) is 2.17. The number of rotatable bonds is 1. The highest BCUT2D eigenvalue weighted by molar-refractivity contribution is 5.53. The second kappa shape index (κ2) is 4.23. The molecular formula is C13H20N2. The highest BCUT2D eigenvalue weighted by atomic mass is 15.1. The van der Waals surface area contributed by atoms with Crippen molar-refractivity contribution in [2.45, 2.75) is 26.3 Å². The first-order valence-corrected chi connectivity index (χ1v) is 5.74. The monoisotopic (exact) mass is 204 g/mol. The van der Waals surface area contributed by atoms with Crippen LogP contribution in [-0.2, 0) is 0 Å². The van der Waals surface area contributed by atoms with E-state index in [0.29, 0.717) is 12.0 Å². The average molecular weight is 204 g/mol. The molecular weight excluding hydrogens is 184 g/mol. The van der Waals surface area contributed by atoms with Crippen LogP contribution in [0, 0.1) is 12.8 Å². The van der Waals surface area contributed by atoms with Crippen LogP contribution in [0.15, 0.2) is 24.3 Å². The van der Waals surface area contributed by atoms with Gasteiger partial charge in [-0.05, 0) is 30.9 Å². The van der Waals surface area contributed by atoms with Gasteiger partial charge in [0.05, 0.1) is 0 Å². The number of nitrogens with zero attached hydrogens (tertiary/aromatic N) is 1. The standard InChI is InChI=1S/C13H20N2/c1-10-5-3-4-6-13(10)15-8-7-12(14)11(2)9-15/h3-6,11-12H,7-9,14H2,1-2H3. The van der Waals surface area contributed by atoms with E-state index in [4.69, 9.17) is 5.73 Å². The molecule has 0 aliphatic carbocycles. The first-order chi connectivity index (χ1) is 7.18. The van der Waals surface area contributed by atoms with Crippen LogP contribution in [0.25, 0.3) is 0 Å². The second-order valence-corrected chi connectivity index (χ2v) is 4.66. The lowest BCUT2D eigenvalue weighted by Gasteiger charge is -2.37. The Morgan fingerprint density at radius 3 is 2.73 bits per heavy atom. The van der Waals surface area contributed by atoms with E-state index in [9.17, 15) is 0 Å². The highest BCUT2D eigenvalue weighted by Crippen LogP contribution is 2.25. The third-order valence-corrected chi connectivity index (χ3v) is 3.43. The summed E-state index contributed by atoms with van der Waals surface area (Å²) in [5.74, 6) is 0.596. The van der Waals surface area contributed by atoms with Gasteiger partial charge >= 0.3 is 0 Å². The molecule has 0 spiro atoms. The van der Waals surface area contributed by atoms with Crippen LogP contribution in [-0.4, -0.2) is 19.1 Å². The van der Waals surface area contributed by atoms with E-state index in [1.807, 2.05) is 0 Å². The van der Waals surface area contributed by atoms with E-state index < -0.39 is 0 Å². The van der Waals surface area contributed by atoms with Crippen LogP contribution < -0.4 is 10.6 Å². The number of aryl methyl sites for hydroxylation is 1. The molecule has 2 atom stereocenters. The van der Waals surface area contributed by atoms with Gasteiger partial charge in [0.1, 0.15) is 0 Å². The van der Waals surface area contributed by atoms with Crippen molar-refractivity contribution in [1.29, 1.82) is 0 Å². The molecule has 0 saturated carbocycles. The van der Waals surface area contributed by atoms with Crippen molar-refractivity contribution in [2.75, 3.05) is 18.0 Å². The summed E-state index contributed by atoms with van der Waals surface area (Å²) in [7, 11) is 0. The first kappa shape index (κ1) is 10.5. The minimum atomic E-state index is 0.380. The maximum atomic E-state index is 6.03. The molecule has 0 amide bonds. The van der Waals surface area contributed by atoms with Crippen molar-refractivity contribution in [2.24, 2.45) is 11.7 Å². The van der Waals surface area contributed by atoms with E-state index in [1.54, 1.807) is 0 Å². The van der Waals surface area contributed by atoms with Crippen LogP contribution >= 0.6 is 0 Å². The molecule has 1 aliphatic heterocycles. The summed E-state index contributed by atoms with van der Waals surface area (Å²) in [5.41, 5.74) is 8.76. The lowest BCUT2D eigenvalue weighted by molar-refractivity contribution is 0.382. The molecule has 2 unspecified atom stereocenters. The zero-order chi connectivity index (χ0) is 10.8. The van der Waals surface area contributed by atoms with Crippen LogP contribution in [0.3, 0.4) is 0 Å². The average Bonchev–Trinajstić information content (AvgIpc) is 2.23. The molecule has 0 bridgehead atoms. The first-order valence-electron chi connectivity index (χ1n) is 5.74. The van der Waals surface area contributed by atoms with Crippen molar-refractivity contribution in [3.8, 4) is 0 Å². The van der Waals surface area contributed by atoms with Gasteiger partial charge in [-0.3, -0.25) is 0 Å². The third-order valence-electron chi connectivity index (χ3n) is 3.43. The van der Waals surface area contributed by atoms with Crippen molar-refractivity contribution >= 4 is 5.69 Å². The molecule has 1 fully saturated rings. The van der Waals surface area contributed by atoms with E-state index in [2.05, 4.69) is 43.0 Å². The van der Waals surface area contributed by atoms with Gasteiger partial charge < -0.3 is 10.6 Å². The maximum absolute atomic E-state index is 6.03. The molecule has 0 aromatic heterocycles. The fourth-order valence-corrected chi connectivity index (χ4v) is 2.30. The fraction of sp³-hybridized carbons (Fsp3) is 0.538. The molecule has 82 valence electrons. The summed E-state index contributed by atoms with van der Waals surface area (Å²) < 4.78 is 0. The zero-order valence-electron chi connectivity index (χ0n) is 9.61. The normalized spacial score (nSPS) is 26.7. The molecule has 15 heavy (non-hydrogen) atoms. The van der Waals surface area contributed by atoms with Crippen molar-refractivity contribution in [3.63, 3.8) is 0 Å². The van der Waals surface area contributed by atoms with Crippen LogP contribution in [0.5, 0.6) is 0 Å². The number of para-hydroxylation sites is 1. The number of anilines is 1. The number of nitrogens with two attached hydrogens (primary N) is 1. The Balaban J connectivity index is 2.15. The number of hydrogen-bond donors (Lipinski definition) is 1. The Morgan fingerprint density at radius 2 is 2.07 bits per heavy atom. The topological polar surface area (TPSA) is 29.3 Å². The molecule has 2 rings (SSSR count). The van der Waals surface area contributed by atoms with E-state index >= 15 is 0 Å².